The maximum atomic E-state index is 12.2. The van der Waals surface area contributed by atoms with E-state index in [-0.39, 0.29) is 6.61 Å². The molecule has 318 valence electrons. The summed E-state index contributed by atoms with van der Waals surface area (Å²) >= 11 is 0. The summed E-state index contributed by atoms with van der Waals surface area (Å²) in [6.45, 7) is 0.138. The number of hydrogen-bond acceptors (Lipinski definition) is 10. The summed E-state index contributed by atoms with van der Waals surface area (Å²) in [6.07, 6.45) is 0.793. The van der Waals surface area contributed by atoms with Gasteiger partial charge in [-0.15, -0.1) is 0 Å². The maximum absolute atomic E-state index is 12.2. The monoisotopic (exact) mass is 838 g/mol. The van der Waals surface area contributed by atoms with Crippen LogP contribution in [0.3, 0.4) is 0 Å². The quantitative estimate of drug-likeness (QED) is 0.0976. The van der Waals surface area contributed by atoms with Crippen LogP contribution in [-0.2, 0) is 20.6 Å². The van der Waals surface area contributed by atoms with Crippen molar-refractivity contribution in [3.8, 4) is 11.5 Å². The van der Waals surface area contributed by atoms with Crippen molar-refractivity contribution in [2.24, 2.45) is 0 Å². The first-order valence-electron chi connectivity index (χ1n) is 21.0. The standard InChI is InChI=1S/C52H50N6O5/c1-57(2)46-44(33-62-52(39-21-13-7-14-22-39,40-23-15-8-16-24-40)41-27-31-43(61-4)32-28-41)63-50(47(46)59)58-35-55-45-48(53-34-54-49(45)58)56-51(36-17-9-5-10-18-36,37-19-11-6-12-20-37)38-25-29-42(60-3)30-26-38/h5-32,34-35,44,46-47,50,59H,33H2,1-4H3,(H,53,54,56). The minimum atomic E-state index is -1.03. The van der Waals surface area contributed by atoms with E-state index in [0.29, 0.717) is 17.0 Å². The zero-order valence-electron chi connectivity index (χ0n) is 35.7. The predicted molar refractivity (Wildman–Crippen MR) is 244 cm³/mol. The highest BCUT2D eigenvalue weighted by molar-refractivity contribution is 5.84. The van der Waals surface area contributed by atoms with Crippen LogP contribution >= 0.6 is 0 Å². The van der Waals surface area contributed by atoms with E-state index in [1.165, 1.54) is 6.33 Å². The molecule has 1 fully saturated rings. The molecule has 0 bridgehead atoms. The normalized spacial score (nSPS) is 17.8. The first-order chi connectivity index (χ1) is 30.9. The topological polar surface area (TPSA) is 116 Å². The van der Waals surface area contributed by atoms with Crippen LogP contribution in [0.2, 0.25) is 0 Å². The highest BCUT2D eigenvalue weighted by Gasteiger charge is 2.49. The van der Waals surface area contributed by atoms with E-state index in [2.05, 4.69) is 66.0 Å². The number of aliphatic hydroxyl groups is 1. The second-order valence-corrected chi connectivity index (χ2v) is 15.8. The number of imidazole rings is 1. The minimum Gasteiger partial charge on any atom is -0.497 e. The molecule has 11 nitrogen and oxygen atoms in total. The van der Waals surface area contributed by atoms with Crippen molar-refractivity contribution in [1.82, 2.24) is 24.4 Å². The van der Waals surface area contributed by atoms with Crippen molar-refractivity contribution in [2.45, 2.75) is 35.6 Å². The molecule has 1 saturated heterocycles. The lowest BCUT2D eigenvalue weighted by molar-refractivity contribution is -0.0891. The molecule has 9 rings (SSSR count). The first kappa shape index (κ1) is 41.5. The van der Waals surface area contributed by atoms with Crippen LogP contribution in [0.15, 0.2) is 183 Å². The number of hydrogen-bond donors (Lipinski definition) is 2. The van der Waals surface area contributed by atoms with Gasteiger partial charge in [-0.3, -0.25) is 4.57 Å². The second kappa shape index (κ2) is 17.8. The van der Waals surface area contributed by atoms with Crippen molar-refractivity contribution >= 4 is 17.0 Å². The lowest BCUT2D eigenvalue weighted by atomic mass is 9.77. The van der Waals surface area contributed by atoms with Gasteiger partial charge in [-0.05, 0) is 71.7 Å². The number of fused-ring (bicyclic) bond motifs is 1. The molecule has 0 aliphatic carbocycles. The van der Waals surface area contributed by atoms with Gasteiger partial charge in [0.15, 0.2) is 23.2 Å². The number of nitrogens with zero attached hydrogens (tertiary/aromatic N) is 5. The molecule has 6 aromatic carbocycles. The molecule has 1 aliphatic rings. The van der Waals surface area contributed by atoms with E-state index in [9.17, 15) is 5.11 Å². The van der Waals surface area contributed by atoms with Gasteiger partial charge in [-0.25, -0.2) is 15.0 Å². The van der Waals surface area contributed by atoms with E-state index in [1.54, 1.807) is 25.1 Å². The molecule has 8 aromatic rings. The van der Waals surface area contributed by atoms with Gasteiger partial charge >= 0.3 is 0 Å². The molecular weight excluding hydrogens is 789 g/mol. The minimum absolute atomic E-state index is 0.138. The van der Waals surface area contributed by atoms with E-state index in [1.807, 2.05) is 128 Å². The van der Waals surface area contributed by atoms with E-state index in [4.69, 9.17) is 33.9 Å². The molecule has 1 aliphatic heterocycles. The van der Waals surface area contributed by atoms with Crippen LogP contribution in [0.4, 0.5) is 5.82 Å². The van der Waals surface area contributed by atoms with E-state index in [0.717, 1.165) is 44.9 Å². The first-order valence-corrected chi connectivity index (χ1v) is 21.0. The number of nitrogens with one attached hydrogen (secondary N) is 1. The van der Waals surface area contributed by atoms with Gasteiger partial charge in [0, 0.05) is 0 Å². The van der Waals surface area contributed by atoms with Gasteiger partial charge in [0.25, 0.3) is 0 Å². The number of likely N-dealkylation sites (N-methyl/N-ethyl adjacent to an activating group) is 1. The third-order valence-corrected chi connectivity index (χ3v) is 12.1. The molecule has 63 heavy (non-hydrogen) atoms. The molecular formula is C52H50N6O5. The summed E-state index contributed by atoms with van der Waals surface area (Å²) in [5, 5.41) is 16.1. The van der Waals surface area contributed by atoms with E-state index < -0.39 is 35.6 Å². The molecule has 0 radical (unpaired) electrons. The summed E-state index contributed by atoms with van der Waals surface area (Å²) in [5.41, 5.74) is 4.87. The summed E-state index contributed by atoms with van der Waals surface area (Å²) < 4.78 is 27.1. The number of anilines is 1. The van der Waals surface area contributed by atoms with Crippen LogP contribution in [-0.4, -0.2) is 82.7 Å². The third-order valence-electron chi connectivity index (χ3n) is 12.1. The molecule has 3 heterocycles. The number of aromatic nitrogens is 4. The fourth-order valence-electron chi connectivity index (χ4n) is 9.10. The Morgan fingerprint density at radius 1 is 0.619 bits per heavy atom. The Morgan fingerprint density at radius 3 is 1.57 bits per heavy atom. The number of ether oxygens (including phenoxy) is 4. The predicted octanol–water partition coefficient (Wildman–Crippen LogP) is 8.44. The van der Waals surface area contributed by atoms with Gasteiger partial charge in [0.1, 0.15) is 41.2 Å². The van der Waals surface area contributed by atoms with Crippen LogP contribution < -0.4 is 14.8 Å². The van der Waals surface area contributed by atoms with Gasteiger partial charge in [-0.1, -0.05) is 146 Å². The number of aliphatic hydroxyl groups excluding tert-OH is 1. The molecule has 0 amide bonds. The van der Waals surface area contributed by atoms with E-state index >= 15 is 0 Å². The molecule has 2 N–H and O–H groups in total. The van der Waals surface area contributed by atoms with Gasteiger partial charge < -0.3 is 34.3 Å². The number of rotatable bonds is 15. The maximum Gasteiger partial charge on any atom is 0.167 e. The average Bonchev–Trinajstić information content (AvgIpc) is 3.93. The zero-order valence-corrected chi connectivity index (χ0v) is 35.7. The van der Waals surface area contributed by atoms with Crippen LogP contribution in [0, 0.1) is 0 Å². The fraction of sp³-hybridized carbons (Fsp3) is 0.212. The molecule has 0 saturated carbocycles. The van der Waals surface area contributed by atoms with Crippen molar-refractivity contribution in [3.05, 3.63) is 216 Å². The fourth-order valence-corrected chi connectivity index (χ4v) is 9.10. The lowest BCUT2D eigenvalue weighted by Crippen LogP contribution is -2.46. The zero-order chi connectivity index (χ0) is 43.4. The van der Waals surface area contributed by atoms with Crippen molar-refractivity contribution < 1.29 is 24.1 Å². The van der Waals surface area contributed by atoms with Crippen LogP contribution in [0.1, 0.15) is 39.6 Å². The van der Waals surface area contributed by atoms with Gasteiger partial charge in [0.05, 0.1) is 33.2 Å². The smallest absolute Gasteiger partial charge is 0.167 e. The summed E-state index contributed by atoms with van der Waals surface area (Å²) in [5.74, 6) is 2.00. The average molecular weight is 839 g/mol. The molecule has 4 atom stereocenters. The second-order valence-electron chi connectivity index (χ2n) is 15.8. The summed E-state index contributed by atoms with van der Waals surface area (Å²) in [6, 6.07) is 56.5. The van der Waals surface area contributed by atoms with Crippen molar-refractivity contribution in [3.63, 3.8) is 0 Å². The molecule has 0 spiro atoms. The molecule has 11 heteroatoms. The van der Waals surface area contributed by atoms with Gasteiger partial charge in [-0.2, -0.15) is 0 Å². The third kappa shape index (κ3) is 7.59. The molecule has 2 aromatic heterocycles. The summed E-state index contributed by atoms with van der Waals surface area (Å²) in [4.78, 5) is 16.5. The largest absolute Gasteiger partial charge is 0.497 e. The van der Waals surface area contributed by atoms with Crippen LogP contribution in [0.5, 0.6) is 11.5 Å². The number of benzene rings is 6. The van der Waals surface area contributed by atoms with Crippen molar-refractivity contribution in [2.75, 3.05) is 40.2 Å². The Bertz CT molecular complexity index is 2640. The van der Waals surface area contributed by atoms with Gasteiger partial charge in [0.2, 0.25) is 0 Å². The Balaban J connectivity index is 1.10. The summed E-state index contributed by atoms with van der Waals surface area (Å²) in [7, 11) is 7.21. The Hall–Kier alpha value is -6.89. The highest BCUT2D eigenvalue weighted by atomic mass is 16.6. The number of methoxy groups -OCH3 is 2. The lowest BCUT2D eigenvalue weighted by Gasteiger charge is -2.37. The Labute approximate surface area is 367 Å². The molecule has 4 unspecified atom stereocenters. The Morgan fingerprint density at radius 2 is 1.08 bits per heavy atom. The van der Waals surface area contributed by atoms with Crippen molar-refractivity contribution in [1.29, 1.82) is 0 Å². The Kier molecular flexibility index (Phi) is 11.7. The highest BCUT2D eigenvalue weighted by Crippen LogP contribution is 2.44. The SMILES string of the molecule is COc1ccc(C(Nc2ncnc3c2ncn3C2OC(COC(c3ccccc3)(c3ccccc3)c3ccc(OC)cc3)C(N(C)C)C2O)(c2ccccc2)c2ccccc2)cc1. The van der Waals surface area contributed by atoms with Crippen LogP contribution in [0.25, 0.3) is 11.2 Å².